The van der Waals surface area contributed by atoms with Gasteiger partial charge in [-0.2, -0.15) is 0 Å². The summed E-state index contributed by atoms with van der Waals surface area (Å²) in [5.74, 6) is 0.759. The lowest BCUT2D eigenvalue weighted by atomic mass is 9.91. The van der Waals surface area contributed by atoms with Crippen molar-refractivity contribution in [2.75, 3.05) is 5.75 Å². The van der Waals surface area contributed by atoms with E-state index in [1.165, 1.54) is 24.2 Å². The SMILES string of the molecule is [2H]C1(CSc2cccc(Br)c2)CCCCC1. The molecular formula is C13H17BrS. The molecule has 0 radical (unpaired) electrons. The highest BCUT2D eigenvalue weighted by molar-refractivity contribution is 9.10. The van der Waals surface area contributed by atoms with Gasteiger partial charge < -0.3 is 0 Å². The summed E-state index contributed by atoms with van der Waals surface area (Å²) in [5, 5.41) is 0. The van der Waals surface area contributed by atoms with E-state index in [9.17, 15) is 0 Å². The summed E-state index contributed by atoms with van der Waals surface area (Å²) in [7, 11) is 0. The van der Waals surface area contributed by atoms with Crippen LogP contribution in [-0.2, 0) is 0 Å². The lowest BCUT2D eigenvalue weighted by Gasteiger charge is -2.20. The highest BCUT2D eigenvalue weighted by atomic mass is 79.9. The van der Waals surface area contributed by atoms with Crippen LogP contribution in [0.1, 0.15) is 33.5 Å². The zero-order valence-electron chi connectivity index (χ0n) is 9.84. The molecule has 1 aromatic rings. The van der Waals surface area contributed by atoms with Crippen molar-refractivity contribution < 1.29 is 1.37 Å². The Morgan fingerprint density at radius 2 is 2.13 bits per heavy atom. The van der Waals surface area contributed by atoms with Crippen molar-refractivity contribution in [1.82, 2.24) is 0 Å². The van der Waals surface area contributed by atoms with E-state index in [1.807, 2.05) is 17.8 Å². The van der Waals surface area contributed by atoms with Crippen LogP contribution in [-0.4, -0.2) is 5.75 Å². The van der Waals surface area contributed by atoms with E-state index in [2.05, 4.69) is 34.1 Å². The van der Waals surface area contributed by atoms with Crippen molar-refractivity contribution in [1.29, 1.82) is 0 Å². The first-order valence-electron chi connectivity index (χ1n) is 6.06. The predicted molar refractivity (Wildman–Crippen MR) is 71.4 cm³/mol. The summed E-state index contributed by atoms with van der Waals surface area (Å²) >= 11 is 5.30. The smallest absolute Gasteiger partial charge is 0.0311 e. The van der Waals surface area contributed by atoms with Gasteiger partial charge in [-0.05, 0) is 36.9 Å². The maximum absolute atomic E-state index is 8.39. The van der Waals surface area contributed by atoms with Gasteiger partial charge in [0.25, 0.3) is 0 Å². The molecule has 0 N–H and O–H groups in total. The number of halogens is 1. The molecule has 0 atom stereocenters. The fraction of sp³-hybridized carbons (Fsp3) is 0.538. The molecule has 1 aliphatic carbocycles. The van der Waals surface area contributed by atoms with Gasteiger partial charge in [0.15, 0.2) is 0 Å². The van der Waals surface area contributed by atoms with Crippen LogP contribution in [0.5, 0.6) is 0 Å². The third-order valence-corrected chi connectivity index (χ3v) is 4.43. The third-order valence-electron chi connectivity index (χ3n) is 2.80. The summed E-state index contributed by atoms with van der Waals surface area (Å²) in [4.78, 5) is 1.27. The number of hydrogen-bond donors (Lipinski definition) is 0. The summed E-state index contributed by atoms with van der Waals surface area (Å²) in [5.41, 5.74) is 0. The van der Waals surface area contributed by atoms with Gasteiger partial charge in [0.2, 0.25) is 0 Å². The van der Waals surface area contributed by atoms with Gasteiger partial charge in [-0.3, -0.25) is 0 Å². The minimum absolute atomic E-state index is 0.175. The predicted octanol–water partition coefficient (Wildman–Crippen LogP) is 5.12. The van der Waals surface area contributed by atoms with Crippen molar-refractivity contribution in [3.63, 3.8) is 0 Å². The Morgan fingerprint density at radius 1 is 1.33 bits per heavy atom. The Hall–Kier alpha value is 0.0500. The van der Waals surface area contributed by atoms with E-state index >= 15 is 0 Å². The summed E-state index contributed by atoms with van der Waals surface area (Å²) in [6.07, 6.45) is 5.95. The van der Waals surface area contributed by atoms with Crippen LogP contribution in [0.25, 0.3) is 0 Å². The molecule has 2 rings (SSSR count). The Bertz CT molecular complexity index is 348. The second-order valence-corrected chi connectivity index (χ2v) is 6.02. The molecule has 1 fully saturated rings. The van der Waals surface area contributed by atoms with Crippen LogP contribution in [0.4, 0.5) is 0 Å². The van der Waals surface area contributed by atoms with Gasteiger partial charge in [-0.15, -0.1) is 11.8 Å². The summed E-state index contributed by atoms with van der Waals surface area (Å²) in [6.45, 7) is 0. The maximum atomic E-state index is 8.39. The highest BCUT2D eigenvalue weighted by Crippen LogP contribution is 2.30. The molecule has 82 valence electrons. The summed E-state index contributed by atoms with van der Waals surface area (Å²) in [6, 6.07) is 8.36. The van der Waals surface area contributed by atoms with E-state index in [-0.39, 0.29) is 5.89 Å². The van der Waals surface area contributed by atoms with E-state index in [4.69, 9.17) is 1.37 Å². The normalized spacial score (nSPS) is 21.0. The molecule has 0 saturated heterocycles. The van der Waals surface area contributed by atoms with Crippen LogP contribution >= 0.6 is 27.7 Å². The Kier molecular flexibility index (Phi) is 4.06. The lowest BCUT2D eigenvalue weighted by Crippen LogP contribution is -2.08. The second kappa shape index (κ2) is 5.95. The average Bonchev–Trinajstić information content (AvgIpc) is 2.28. The monoisotopic (exact) mass is 285 g/mol. The molecular weight excluding hydrogens is 268 g/mol. The van der Waals surface area contributed by atoms with Crippen LogP contribution < -0.4 is 0 Å². The van der Waals surface area contributed by atoms with Crippen LogP contribution in [0.3, 0.4) is 0 Å². The first kappa shape index (κ1) is 10.2. The molecule has 0 aliphatic heterocycles. The zero-order valence-corrected chi connectivity index (χ0v) is 11.2. The topological polar surface area (TPSA) is 0 Å². The largest absolute Gasteiger partial charge is 0.126 e. The van der Waals surface area contributed by atoms with Gasteiger partial charge in [0.1, 0.15) is 0 Å². The minimum atomic E-state index is -0.175. The molecule has 1 aliphatic rings. The molecule has 0 nitrogen and oxygen atoms in total. The molecule has 0 bridgehead atoms. The van der Waals surface area contributed by atoms with Gasteiger partial charge in [0.05, 0.1) is 0 Å². The lowest BCUT2D eigenvalue weighted by molar-refractivity contribution is 0.391. The van der Waals surface area contributed by atoms with E-state index < -0.39 is 0 Å². The van der Waals surface area contributed by atoms with Gasteiger partial charge in [0, 0.05) is 16.5 Å². The Morgan fingerprint density at radius 3 is 2.87 bits per heavy atom. The van der Waals surface area contributed by atoms with Crippen LogP contribution in [0, 0.1) is 5.89 Å². The van der Waals surface area contributed by atoms with Crippen molar-refractivity contribution >= 4 is 27.7 Å². The first-order chi connectivity index (χ1) is 7.68. The van der Waals surface area contributed by atoms with E-state index in [0.29, 0.717) is 0 Å². The summed E-state index contributed by atoms with van der Waals surface area (Å²) < 4.78 is 9.52. The standard InChI is InChI=1S/C13H17BrS/c14-12-7-4-8-13(9-12)15-10-11-5-2-1-3-6-11/h4,7-9,11H,1-3,5-6,10H2/i11D. The van der Waals surface area contributed by atoms with Crippen LogP contribution in [0.15, 0.2) is 33.6 Å². The Balaban J connectivity index is 1.91. The quantitative estimate of drug-likeness (QED) is 0.695. The number of rotatable bonds is 3. The van der Waals surface area contributed by atoms with Crippen molar-refractivity contribution in [3.8, 4) is 0 Å². The highest BCUT2D eigenvalue weighted by Gasteiger charge is 2.13. The van der Waals surface area contributed by atoms with E-state index in [1.54, 1.807) is 0 Å². The fourth-order valence-electron chi connectivity index (χ4n) is 1.94. The second-order valence-electron chi connectivity index (χ2n) is 4.06. The molecule has 1 aromatic carbocycles. The Labute approximate surface area is 106 Å². The van der Waals surface area contributed by atoms with Gasteiger partial charge >= 0.3 is 0 Å². The molecule has 0 amide bonds. The number of benzene rings is 1. The molecule has 0 spiro atoms. The molecule has 0 aromatic heterocycles. The first-order valence-corrected chi connectivity index (χ1v) is 7.34. The van der Waals surface area contributed by atoms with Gasteiger partial charge in [-0.1, -0.05) is 41.3 Å². The van der Waals surface area contributed by atoms with Crippen molar-refractivity contribution in [3.05, 3.63) is 28.7 Å². The average molecular weight is 286 g/mol. The van der Waals surface area contributed by atoms with Crippen molar-refractivity contribution in [2.24, 2.45) is 5.89 Å². The van der Waals surface area contributed by atoms with Crippen LogP contribution in [0.2, 0.25) is 0 Å². The zero-order chi connectivity index (χ0) is 11.4. The van der Waals surface area contributed by atoms with Gasteiger partial charge in [-0.25, -0.2) is 0 Å². The molecule has 2 heteroatoms. The van der Waals surface area contributed by atoms with E-state index in [0.717, 1.165) is 23.1 Å². The number of hydrogen-bond acceptors (Lipinski definition) is 1. The maximum Gasteiger partial charge on any atom is 0.0311 e. The van der Waals surface area contributed by atoms with Crippen molar-refractivity contribution in [2.45, 2.75) is 37.0 Å². The molecule has 1 saturated carbocycles. The number of thioether (sulfide) groups is 1. The molecule has 0 unspecified atom stereocenters. The molecule has 0 heterocycles. The third kappa shape index (κ3) is 3.84. The fourth-order valence-corrected chi connectivity index (χ4v) is 3.53. The molecule has 15 heavy (non-hydrogen) atoms. The minimum Gasteiger partial charge on any atom is -0.126 e.